The van der Waals surface area contributed by atoms with Gasteiger partial charge in [-0.3, -0.25) is 0 Å². The number of nitrogens with two attached hydrogens (primary N) is 1. The van der Waals surface area contributed by atoms with Gasteiger partial charge in [0.25, 0.3) is 0 Å². The Hall–Kier alpha value is -1.15. The lowest BCUT2D eigenvalue weighted by Crippen LogP contribution is -2.22. The van der Waals surface area contributed by atoms with Crippen LogP contribution < -0.4 is 5.73 Å². The fourth-order valence-corrected chi connectivity index (χ4v) is 2.82. The molecule has 0 radical (unpaired) electrons. The summed E-state index contributed by atoms with van der Waals surface area (Å²) in [6.45, 7) is 0. The van der Waals surface area contributed by atoms with E-state index in [4.69, 9.17) is 5.73 Å². The van der Waals surface area contributed by atoms with Gasteiger partial charge in [0.15, 0.2) is 0 Å². The molecule has 0 saturated heterocycles. The summed E-state index contributed by atoms with van der Waals surface area (Å²) >= 11 is 1.84. The fourth-order valence-electron chi connectivity index (χ4n) is 1.93. The molecule has 0 bridgehead atoms. The first-order valence-corrected chi connectivity index (χ1v) is 6.25. The molecule has 0 aromatic heterocycles. The lowest BCUT2D eigenvalue weighted by Gasteiger charge is -2.30. The highest BCUT2D eigenvalue weighted by Crippen LogP contribution is 2.42. The van der Waals surface area contributed by atoms with Gasteiger partial charge in [-0.2, -0.15) is 0 Å². The number of thioether (sulfide) groups is 1. The molecule has 0 saturated carbocycles. The fraction of sp³-hybridized carbons (Fsp3) is 0.231. The van der Waals surface area contributed by atoms with E-state index in [0.29, 0.717) is 0 Å². The topological polar surface area (TPSA) is 26.0 Å². The Morgan fingerprint density at radius 3 is 2.60 bits per heavy atom. The lowest BCUT2D eigenvalue weighted by molar-refractivity contribution is 0.771. The van der Waals surface area contributed by atoms with Crippen LogP contribution in [-0.4, -0.2) is 6.26 Å². The minimum atomic E-state index is 0.0279. The van der Waals surface area contributed by atoms with Crippen LogP contribution in [0.4, 0.5) is 0 Å². The van der Waals surface area contributed by atoms with Crippen molar-refractivity contribution < 1.29 is 0 Å². The molecule has 1 aromatic carbocycles. The number of rotatable bonds is 2. The standard InChI is InChI=1S/C13H15NS/c1-15-13(9-5-8-12(14)10-13)11-6-3-2-4-7-11/h2-8,10H,9,14H2,1H3. The summed E-state index contributed by atoms with van der Waals surface area (Å²) in [6, 6.07) is 10.5. The third-order valence-corrected chi connectivity index (χ3v) is 4.01. The molecule has 1 aliphatic rings. The van der Waals surface area contributed by atoms with Gasteiger partial charge in [0.05, 0.1) is 4.75 Å². The molecule has 1 atom stereocenters. The van der Waals surface area contributed by atoms with Gasteiger partial charge in [-0.1, -0.05) is 36.4 Å². The third-order valence-electron chi connectivity index (χ3n) is 2.76. The molecule has 1 nitrogen and oxygen atoms in total. The molecular weight excluding hydrogens is 202 g/mol. The molecule has 1 aromatic rings. The highest BCUT2D eigenvalue weighted by atomic mass is 32.2. The predicted molar refractivity (Wildman–Crippen MR) is 67.7 cm³/mol. The van der Waals surface area contributed by atoms with Crippen molar-refractivity contribution >= 4 is 11.8 Å². The highest BCUT2D eigenvalue weighted by molar-refractivity contribution is 7.99. The molecule has 2 N–H and O–H groups in total. The van der Waals surface area contributed by atoms with Gasteiger partial charge < -0.3 is 5.73 Å². The molecular formula is C13H15NS. The highest BCUT2D eigenvalue weighted by Gasteiger charge is 2.29. The molecule has 0 aliphatic heterocycles. The van der Waals surface area contributed by atoms with E-state index in [0.717, 1.165) is 12.1 Å². The second-order valence-electron chi connectivity index (χ2n) is 3.71. The molecule has 15 heavy (non-hydrogen) atoms. The second kappa shape index (κ2) is 4.15. The molecule has 0 amide bonds. The van der Waals surface area contributed by atoms with Crippen LogP contribution in [0.1, 0.15) is 12.0 Å². The van der Waals surface area contributed by atoms with Crippen molar-refractivity contribution in [2.45, 2.75) is 11.2 Å². The molecule has 2 rings (SSSR count). The molecule has 78 valence electrons. The SMILES string of the molecule is CSC1(c2ccccc2)C=C(N)C=CC1. The van der Waals surface area contributed by atoms with E-state index < -0.39 is 0 Å². The number of hydrogen-bond donors (Lipinski definition) is 1. The van der Waals surface area contributed by atoms with Gasteiger partial charge in [-0.25, -0.2) is 0 Å². The van der Waals surface area contributed by atoms with Crippen LogP contribution in [0.2, 0.25) is 0 Å². The first-order chi connectivity index (χ1) is 7.27. The Balaban J connectivity index is 2.43. The van der Waals surface area contributed by atoms with E-state index in [-0.39, 0.29) is 4.75 Å². The summed E-state index contributed by atoms with van der Waals surface area (Å²) in [6.07, 6.45) is 9.44. The van der Waals surface area contributed by atoms with E-state index in [2.05, 4.69) is 42.7 Å². The summed E-state index contributed by atoms with van der Waals surface area (Å²) in [4.78, 5) is 0. The number of hydrogen-bond acceptors (Lipinski definition) is 2. The maximum Gasteiger partial charge on any atom is 0.0642 e. The number of benzene rings is 1. The average molecular weight is 217 g/mol. The molecule has 1 aliphatic carbocycles. The van der Waals surface area contributed by atoms with E-state index in [1.165, 1.54) is 5.56 Å². The van der Waals surface area contributed by atoms with Crippen LogP contribution in [0.15, 0.2) is 54.3 Å². The monoisotopic (exact) mass is 217 g/mol. The van der Waals surface area contributed by atoms with Crippen molar-refractivity contribution in [1.29, 1.82) is 0 Å². The van der Waals surface area contributed by atoms with Crippen molar-refractivity contribution in [3.05, 3.63) is 59.8 Å². The Morgan fingerprint density at radius 2 is 2.00 bits per heavy atom. The molecule has 0 fully saturated rings. The summed E-state index contributed by atoms with van der Waals surface area (Å²) in [5.41, 5.74) is 8.07. The third kappa shape index (κ3) is 1.95. The van der Waals surface area contributed by atoms with Gasteiger partial charge in [0.1, 0.15) is 0 Å². The molecule has 2 heteroatoms. The van der Waals surface area contributed by atoms with Gasteiger partial charge in [-0.05, 0) is 30.4 Å². The van der Waals surface area contributed by atoms with Crippen molar-refractivity contribution in [3.63, 3.8) is 0 Å². The minimum absolute atomic E-state index is 0.0279. The van der Waals surface area contributed by atoms with E-state index in [9.17, 15) is 0 Å². The summed E-state index contributed by atoms with van der Waals surface area (Å²) in [5.74, 6) is 0. The average Bonchev–Trinajstić information content (AvgIpc) is 2.30. The van der Waals surface area contributed by atoms with Gasteiger partial charge >= 0.3 is 0 Å². The zero-order chi connectivity index (χ0) is 10.7. The van der Waals surface area contributed by atoms with Crippen LogP contribution in [-0.2, 0) is 4.75 Å². The van der Waals surface area contributed by atoms with Crippen molar-refractivity contribution in [1.82, 2.24) is 0 Å². The first-order valence-electron chi connectivity index (χ1n) is 5.02. The summed E-state index contributed by atoms with van der Waals surface area (Å²) in [5, 5.41) is 0. The van der Waals surface area contributed by atoms with E-state index >= 15 is 0 Å². The van der Waals surface area contributed by atoms with Crippen molar-refractivity contribution in [3.8, 4) is 0 Å². The Labute approximate surface area is 95.1 Å². The van der Waals surface area contributed by atoms with Crippen molar-refractivity contribution in [2.75, 3.05) is 6.26 Å². The zero-order valence-electron chi connectivity index (χ0n) is 8.81. The molecule has 0 heterocycles. The maximum atomic E-state index is 5.88. The largest absolute Gasteiger partial charge is 0.399 e. The Morgan fingerprint density at radius 1 is 1.27 bits per heavy atom. The van der Waals surface area contributed by atoms with E-state index in [1.807, 2.05) is 23.9 Å². The van der Waals surface area contributed by atoms with Crippen LogP contribution in [0, 0.1) is 0 Å². The van der Waals surface area contributed by atoms with Gasteiger partial charge in [-0.15, -0.1) is 11.8 Å². The first kappa shape index (κ1) is 10.4. The number of allylic oxidation sites excluding steroid dienone is 2. The van der Waals surface area contributed by atoms with Crippen LogP contribution in [0.3, 0.4) is 0 Å². The van der Waals surface area contributed by atoms with Gasteiger partial charge in [0, 0.05) is 5.70 Å². The molecule has 0 spiro atoms. The maximum absolute atomic E-state index is 5.88. The molecule has 1 unspecified atom stereocenters. The summed E-state index contributed by atoms with van der Waals surface area (Å²) in [7, 11) is 0. The minimum Gasteiger partial charge on any atom is -0.399 e. The quantitative estimate of drug-likeness (QED) is 0.824. The summed E-state index contributed by atoms with van der Waals surface area (Å²) < 4.78 is 0.0279. The second-order valence-corrected chi connectivity index (χ2v) is 4.85. The Kier molecular flexibility index (Phi) is 2.87. The van der Waals surface area contributed by atoms with Crippen LogP contribution in [0.25, 0.3) is 0 Å². The normalized spacial score (nSPS) is 25.0. The van der Waals surface area contributed by atoms with Gasteiger partial charge in [0.2, 0.25) is 0 Å². The van der Waals surface area contributed by atoms with Crippen LogP contribution in [0.5, 0.6) is 0 Å². The van der Waals surface area contributed by atoms with Crippen LogP contribution >= 0.6 is 11.8 Å². The predicted octanol–water partition coefficient (Wildman–Crippen LogP) is 3.05. The smallest absolute Gasteiger partial charge is 0.0642 e. The van der Waals surface area contributed by atoms with Crippen molar-refractivity contribution in [2.24, 2.45) is 5.73 Å². The van der Waals surface area contributed by atoms with E-state index in [1.54, 1.807) is 0 Å². The lowest BCUT2D eigenvalue weighted by atomic mass is 9.90. The zero-order valence-corrected chi connectivity index (χ0v) is 9.63. The Bertz CT molecular complexity index is 394.